The number of fused-ring (bicyclic) bond motifs is 1. The topological polar surface area (TPSA) is 99.7 Å². The lowest BCUT2D eigenvalue weighted by atomic mass is 10.0. The van der Waals surface area contributed by atoms with Crippen LogP contribution in [0.5, 0.6) is 5.88 Å². The van der Waals surface area contributed by atoms with Gasteiger partial charge in [0.1, 0.15) is 28.9 Å². The van der Waals surface area contributed by atoms with Crippen molar-refractivity contribution in [2.75, 3.05) is 13.1 Å². The molecule has 1 saturated heterocycles. The SMILES string of the molecule is Cc1c(-c2cc(OC(C)c3ccc(F)cn3)n3ccnc3c2)nnn1C1CCN(C(=O)OC(C)(C)C)CC1. The molecule has 5 rings (SSSR count). The molecule has 1 atom stereocenters. The van der Waals surface area contributed by atoms with E-state index in [0.29, 0.717) is 30.3 Å². The van der Waals surface area contributed by atoms with Gasteiger partial charge in [-0.3, -0.25) is 9.38 Å². The number of carbonyl (C=O) groups is 1. The lowest BCUT2D eigenvalue weighted by molar-refractivity contribution is 0.0183. The Morgan fingerprint density at radius 1 is 1.16 bits per heavy atom. The van der Waals surface area contributed by atoms with Crippen LogP contribution in [-0.2, 0) is 4.74 Å². The van der Waals surface area contributed by atoms with Gasteiger partial charge in [-0.1, -0.05) is 5.21 Å². The molecule has 1 aliphatic rings. The van der Waals surface area contributed by atoms with Gasteiger partial charge in [-0.05, 0) is 65.7 Å². The molecule has 0 N–H and O–H groups in total. The van der Waals surface area contributed by atoms with Crippen molar-refractivity contribution in [3.05, 3.63) is 60.1 Å². The van der Waals surface area contributed by atoms with E-state index in [1.807, 2.05) is 62.0 Å². The largest absolute Gasteiger partial charge is 0.469 e. The number of rotatable bonds is 5. The minimum atomic E-state index is -0.517. The first-order valence-corrected chi connectivity index (χ1v) is 12.7. The maximum atomic E-state index is 13.3. The Kier molecular flexibility index (Phi) is 6.77. The van der Waals surface area contributed by atoms with Crippen LogP contribution in [0.15, 0.2) is 42.9 Å². The van der Waals surface area contributed by atoms with Crippen LogP contribution in [0.3, 0.4) is 0 Å². The van der Waals surface area contributed by atoms with Crippen LogP contribution < -0.4 is 4.74 Å². The summed E-state index contributed by atoms with van der Waals surface area (Å²) in [6.07, 6.45) is 5.53. The number of hydrogen-bond donors (Lipinski definition) is 0. The maximum Gasteiger partial charge on any atom is 0.410 e. The minimum Gasteiger partial charge on any atom is -0.469 e. The van der Waals surface area contributed by atoms with Gasteiger partial charge in [-0.25, -0.2) is 18.9 Å². The van der Waals surface area contributed by atoms with Crippen molar-refractivity contribution < 1.29 is 18.7 Å². The lowest BCUT2D eigenvalue weighted by Crippen LogP contribution is -2.42. The van der Waals surface area contributed by atoms with Crippen LogP contribution in [0.2, 0.25) is 0 Å². The zero-order chi connectivity index (χ0) is 27.0. The van der Waals surface area contributed by atoms with Crippen LogP contribution in [0.25, 0.3) is 16.9 Å². The minimum absolute atomic E-state index is 0.130. The average Bonchev–Trinajstić information content (AvgIpc) is 3.50. The highest BCUT2D eigenvalue weighted by molar-refractivity contribution is 5.69. The number of hydrogen-bond acceptors (Lipinski definition) is 7. The van der Waals surface area contributed by atoms with Gasteiger partial charge >= 0.3 is 6.09 Å². The zero-order valence-electron chi connectivity index (χ0n) is 22.3. The van der Waals surface area contributed by atoms with Crippen molar-refractivity contribution in [3.63, 3.8) is 0 Å². The summed E-state index contributed by atoms with van der Waals surface area (Å²) >= 11 is 0. The van der Waals surface area contributed by atoms with Crippen LogP contribution in [0.1, 0.15) is 64.1 Å². The first-order chi connectivity index (χ1) is 18.1. The van der Waals surface area contributed by atoms with Crippen molar-refractivity contribution in [3.8, 4) is 17.1 Å². The predicted octanol–water partition coefficient (Wildman–Crippen LogP) is 5.15. The number of aromatic nitrogens is 6. The highest BCUT2D eigenvalue weighted by Crippen LogP contribution is 2.32. The fourth-order valence-electron chi connectivity index (χ4n) is 4.66. The third-order valence-corrected chi connectivity index (χ3v) is 6.60. The van der Waals surface area contributed by atoms with Crippen LogP contribution in [-0.4, -0.2) is 59.0 Å². The predicted molar refractivity (Wildman–Crippen MR) is 138 cm³/mol. The number of pyridine rings is 2. The molecule has 0 aromatic carbocycles. The fraction of sp³-hybridized carbons (Fsp3) is 0.444. The molecule has 4 aromatic rings. The monoisotopic (exact) mass is 521 g/mol. The molecule has 200 valence electrons. The molecule has 1 fully saturated rings. The van der Waals surface area contributed by atoms with Gasteiger partial charge in [0.05, 0.1) is 23.6 Å². The molecule has 10 nitrogen and oxygen atoms in total. The molecule has 0 saturated carbocycles. The van der Waals surface area contributed by atoms with E-state index in [1.54, 1.807) is 17.2 Å². The van der Waals surface area contributed by atoms with Crippen molar-refractivity contribution >= 4 is 11.7 Å². The smallest absolute Gasteiger partial charge is 0.410 e. The highest BCUT2D eigenvalue weighted by atomic mass is 19.1. The van der Waals surface area contributed by atoms with Gasteiger partial charge in [-0.2, -0.15) is 0 Å². The number of ether oxygens (including phenoxy) is 2. The van der Waals surface area contributed by atoms with Gasteiger partial charge in [0.25, 0.3) is 0 Å². The Bertz CT molecular complexity index is 1430. The number of likely N-dealkylation sites (tertiary alicyclic amines) is 1. The lowest BCUT2D eigenvalue weighted by Gasteiger charge is -2.33. The Hall–Kier alpha value is -4.02. The summed E-state index contributed by atoms with van der Waals surface area (Å²) in [6.45, 7) is 10.7. The normalized spacial score (nSPS) is 15.6. The molecule has 5 heterocycles. The van der Waals surface area contributed by atoms with Crippen LogP contribution in [0.4, 0.5) is 9.18 Å². The van der Waals surface area contributed by atoms with E-state index >= 15 is 0 Å². The van der Waals surface area contributed by atoms with Crippen LogP contribution in [0, 0.1) is 12.7 Å². The molecule has 4 aromatic heterocycles. The Balaban J connectivity index is 1.35. The molecular formula is C27H32FN7O3. The van der Waals surface area contributed by atoms with Crippen molar-refractivity contribution in [2.24, 2.45) is 0 Å². The van der Waals surface area contributed by atoms with E-state index in [1.165, 1.54) is 12.3 Å². The molecule has 11 heteroatoms. The average molecular weight is 522 g/mol. The molecule has 38 heavy (non-hydrogen) atoms. The number of amides is 1. The van der Waals surface area contributed by atoms with E-state index in [4.69, 9.17) is 9.47 Å². The Morgan fingerprint density at radius 2 is 1.92 bits per heavy atom. The van der Waals surface area contributed by atoms with E-state index < -0.39 is 17.5 Å². The summed E-state index contributed by atoms with van der Waals surface area (Å²) in [5, 5.41) is 8.98. The number of carbonyl (C=O) groups excluding carboxylic acids is 1. The number of nitrogens with zero attached hydrogens (tertiary/aromatic N) is 7. The molecule has 1 aliphatic heterocycles. The summed E-state index contributed by atoms with van der Waals surface area (Å²) in [5.74, 6) is 0.169. The molecule has 1 amide bonds. The molecule has 0 aliphatic carbocycles. The highest BCUT2D eigenvalue weighted by Gasteiger charge is 2.29. The summed E-state index contributed by atoms with van der Waals surface area (Å²) in [6, 6.07) is 6.95. The summed E-state index contributed by atoms with van der Waals surface area (Å²) < 4.78 is 28.9. The fourth-order valence-corrected chi connectivity index (χ4v) is 4.66. The van der Waals surface area contributed by atoms with E-state index in [0.717, 1.165) is 29.8 Å². The van der Waals surface area contributed by atoms with Gasteiger partial charge in [0.2, 0.25) is 5.88 Å². The number of piperidine rings is 1. The van der Waals surface area contributed by atoms with Gasteiger partial charge < -0.3 is 14.4 Å². The number of halogens is 1. The maximum absolute atomic E-state index is 13.3. The quantitative estimate of drug-likeness (QED) is 0.358. The van der Waals surface area contributed by atoms with Crippen molar-refractivity contribution in [2.45, 2.75) is 65.2 Å². The van der Waals surface area contributed by atoms with Crippen LogP contribution >= 0.6 is 0 Å². The van der Waals surface area contributed by atoms with E-state index in [-0.39, 0.29) is 12.1 Å². The first-order valence-electron chi connectivity index (χ1n) is 12.7. The number of imidazole rings is 1. The molecule has 0 radical (unpaired) electrons. The second kappa shape index (κ2) is 10.0. The summed E-state index contributed by atoms with van der Waals surface area (Å²) in [7, 11) is 0. The molecular weight excluding hydrogens is 489 g/mol. The van der Waals surface area contributed by atoms with Gasteiger partial charge in [0.15, 0.2) is 0 Å². The third-order valence-electron chi connectivity index (χ3n) is 6.60. The van der Waals surface area contributed by atoms with E-state index in [9.17, 15) is 9.18 Å². The Morgan fingerprint density at radius 3 is 2.61 bits per heavy atom. The molecule has 1 unspecified atom stereocenters. The Labute approximate surface area is 220 Å². The molecule has 0 spiro atoms. The second-order valence-corrected chi connectivity index (χ2v) is 10.6. The first kappa shape index (κ1) is 25.6. The molecule has 0 bridgehead atoms. The standard InChI is InChI=1S/C27H32FN7O3/c1-17-25(31-32-35(17)21-8-11-33(12-9-21)26(36)38-27(3,4)5)19-14-23-29-10-13-34(23)24(15-19)37-18(2)22-7-6-20(28)16-30-22/h6-7,10,13-16,18,21H,8-9,11-12H2,1-5H3. The van der Waals surface area contributed by atoms with Crippen molar-refractivity contribution in [1.29, 1.82) is 0 Å². The zero-order valence-corrected chi connectivity index (χ0v) is 22.3. The van der Waals surface area contributed by atoms with E-state index in [2.05, 4.69) is 20.3 Å². The third kappa shape index (κ3) is 5.32. The summed E-state index contributed by atoms with van der Waals surface area (Å²) in [5.41, 5.74) is 3.30. The van der Waals surface area contributed by atoms with Gasteiger partial charge in [0, 0.05) is 37.1 Å². The second-order valence-electron chi connectivity index (χ2n) is 10.6. The van der Waals surface area contributed by atoms with Crippen molar-refractivity contribution in [1.82, 2.24) is 34.3 Å². The summed E-state index contributed by atoms with van der Waals surface area (Å²) in [4.78, 5) is 22.8. The van der Waals surface area contributed by atoms with Gasteiger partial charge in [-0.15, -0.1) is 5.10 Å².